The molecular formula is C17H14ClN3O3. The Bertz CT molecular complexity index is 928. The molecule has 3 aromatic rings. The number of halogens is 1. The zero-order valence-corrected chi connectivity index (χ0v) is 13.4. The number of phenolic OH excluding ortho intramolecular Hbond substituents is 2. The average molecular weight is 344 g/mol. The molecule has 3 N–H and O–H groups in total. The summed E-state index contributed by atoms with van der Waals surface area (Å²) in [5.74, 6) is -0.417. The number of pyridine rings is 1. The van der Waals surface area contributed by atoms with Gasteiger partial charge in [-0.25, -0.2) is 0 Å². The van der Waals surface area contributed by atoms with Gasteiger partial charge in [-0.3, -0.25) is 10.4 Å². The van der Waals surface area contributed by atoms with E-state index in [0.717, 1.165) is 16.6 Å². The van der Waals surface area contributed by atoms with Crippen LogP contribution in [0.4, 0.5) is 5.69 Å². The molecule has 0 saturated heterocycles. The smallest absolute Gasteiger partial charge is 0.200 e. The predicted octanol–water partition coefficient (Wildman–Crippen LogP) is 3.75. The molecule has 0 aliphatic carbocycles. The third-order valence-electron chi connectivity index (χ3n) is 3.40. The number of nitrogens with zero attached hydrogens (tertiary/aromatic N) is 2. The maximum absolute atomic E-state index is 9.66. The Kier molecular flexibility index (Phi) is 4.39. The van der Waals surface area contributed by atoms with Crippen molar-refractivity contribution in [3.8, 4) is 17.2 Å². The fraction of sp³-hybridized carbons (Fsp3) is 0.0588. The minimum Gasteiger partial charge on any atom is -0.504 e. The summed E-state index contributed by atoms with van der Waals surface area (Å²) in [7, 11) is 1.40. The van der Waals surface area contributed by atoms with Crippen LogP contribution in [0.5, 0.6) is 17.2 Å². The molecule has 0 bridgehead atoms. The second-order valence-corrected chi connectivity index (χ2v) is 5.42. The highest BCUT2D eigenvalue weighted by molar-refractivity contribution is 6.31. The highest BCUT2D eigenvalue weighted by Crippen LogP contribution is 2.35. The molecule has 1 aromatic heterocycles. The van der Waals surface area contributed by atoms with Gasteiger partial charge in [0.2, 0.25) is 5.75 Å². The second-order valence-electron chi connectivity index (χ2n) is 4.98. The van der Waals surface area contributed by atoms with Gasteiger partial charge in [0.1, 0.15) is 0 Å². The number of ether oxygens (including phenoxy) is 1. The van der Waals surface area contributed by atoms with E-state index < -0.39 is 0 Å². The molecule has 0 fully saturated rings. The average Bonchev–Trinajstić information content (AvgIpc) is 2.57. The van der Waals surface area contributed by atoms with E-state index in [9.17, 15) is 10.2 Å². The molecule has 0 atom stereocenters. The number of fused-ring (bicyclic) bond motifs is 1. The summed E-state index contributed by atoms with van der Waals surface area (Å²) < 4.78 is 4.99. The molecule has 0 aliphatic heterocycles. The number of methoxy groups -OCH3 is 1. The molecule has 7 heteroatoms. The monoisotopic (exact) mass is 343 g/mol. The molecule has 0 amide bonds. The Morgan fingerprint density at radius 2 is 2.04 bits per heavy atom. The molecule has 0 aliphatic rings. The molecule has 1 heterocycles. The van der Waals surface area contributed by atoms with Crippen LogP contribution >= 0.6 is 11.6 Å². The van der Waals surface area contributed by atoms with Crippen LogP contribution in [-0.4, -0.2) is 28.5 Å². The number of phenols is 2. The van der Waals surface area contributed by atoms with Crippen molar-refractivity contribution < 1.29 is 14.9 Å². The predicted molar refractivity (Wildman–Crippen MR) is 94.3 cm³/mol. The van der Waals surface area contributed by atoms with Crippen molar-refractivity contribution in [2.75, 3.05) is 12.5 Å². The second kappa shape index (κ2) is 6.64. The molecule has 122 valence electrons. The molecular weight excluding hydrogens is 330 g/mol. The summed E-state index contributed by atoms with van der Waals surface area (Å²) in [6, 6.07) is 10.1. The first-order chi connectivity index (χ1) is 11.6. The number of rotatable bonds is 4. The number of anilines is 1. The van der Waals surface area contributed by atoms with Crippen LogP contribution in [0.25, 0.3) is 10.9 Å². The van der Waals surface area contributed by atoms with Crippen LogP contribution in [0.15, 0.2) is 47.7 Å². The highest BCUT2D eigenvalue weighted by atomic mass is 35.5. The Hall–Kier alpha value is -2.99. The highest BCUT2D eigenvalue weighted by Gasteiger charge is 2.08. The number of hydrogen-bond acceptors (Lipinski definition) is 6. The quantitative estimate of drug-likeness (QED) is 0.381. The first-order valence-electron chi connectivity index (χ1n) is 7.02. The zero-order chi connectivity index (χ0) is 17.1. The lowest BCUT2D eigenvalue weighted by molar-refractivity contribution is 0.351. The van der Waals surface area contributed by atoms with Crippen molar-refractivity contribution >= 4 is 34.4 Å². The topological polar surface area (TPSA) is 87.0 Å². The minimum absolute atomic E-state index is 0.167. The molecule has 0 saturated carbocycles. The Labute approximate surface area is 143 Å². The first kappa shape index (κ1) is 15.9. The first-order valence-corrected chi connectivity index (χ1v) is 7.39. The molecule has 3 rings (SSSR count). The van der Waals surface area contributed by atoms with Crippen LogP contribution < -0.4 is 10.2 Å². The zero-order valence-electron chi connectivity index (χ0n) is 12.7. The normalized spacial score (nSPS) is 11.1. The molecule has 24 heavy (non-hydrogen) atoms. The van der Waals surface area contributed by atoms with Gasteiger partial charge in [-0.15, -0.1) is 0 Å². The van der Waals surface area contributed by atoms with Crippen LogP contribution in [0.1, 0.15) is 5.56 Å². The SMILES string of the molecule is COc1cc(/C=N/Nc2ccnc3cc(Cl)ccc23)cc(O)c1O. The number of hydrogen-bond donors (Lipinski definition) is 3. The van der Waals surface area contributed by atoms with E-state index in [1.54, 1.807) is 30.5 Å². The lowest BCUT2D eigenvalue weighted by atomic mass is 10.2. The summed E-state index contributed by atoms with van der Waals surface area (Å²) in [6.07, 6.45) is 3.16. The van der Waals surface area contributed by atoms with Gasteiger partial charge in [-0.05, 0) is 36.4 Å². The van der Waals surface area contributed by atoms with Crippen molar-refractivity contribution in [3.05, 3.63) is 53.2 Å². The number of aromatic nitrogens is 1. The van der Waals surface area contributed by atoms with Gasteiger partial charge >= 0.3 is 0 Å². The fourth-order valence-electron chi connectivity index (χ4n) is 2.24. The van der Waals surface area contributed by atoms with E-state index in [4.69, 9.17) is 16.3 Å². The van der Waals surface area contributed by atoms with Crippen molar-refractivity contribution in [1.29, 1.82) is 0 Å². The standard InChI is InChI=1S/C17H14ClN3O3/c1-24-16-7-10(6-15(22)17(16)23)9-20-21-13-4-5-19-14-8-11(18)2-3-12(13)14/h2-9,22-23H,1H3,(H,19,21)/b20-9+. The fourth-order valence-corrected chi connectivity index (χ4v) is 2.41. The van der Waals surface area contributed by atoms with Crippen molar-refractivity contribution in [2.45, 2.75) is 0 Å². The largest absolute Gasteiger partial charge is 0.504 e. The third-order valence-corrected chi connectivity index (χ3v) is 3.64. The summed E-state index contributed by atoms with van der Waals surface area (Å²) in [6.45, 7) is 0. The minimum atomic E-state index is -0.306. The molecule has 0 radical (unpaired) electrons. The van der Waals surface area contributed by atoms with E-state index in [1.165, 1.54) is 19.4 Å². The third kappa shape index (κ3) is 3.18. The summed E-state index contributed by atoms with van der Waals surface area (Å²) in [5, 5.41) is 24.9. The van der Waals surface area contributed by atoms with Gasteiger partial charge in [0.15, 0.2) is 11.5 Å². The lowest BCUT2D eigenvalue weighted by Crippen LogP contribution is -1.94. The van der Waals surface area contributed by atoms with Crippen LogP contribution in [0, 0.1) is 0 Å². The Morgan fingerprint density at radius 1 is 1.21 bits per heavy atom. The van der Waals surface area contributed by atoms with Gasteiger partial charge in [-0.2, -0.15) is 5.10 Å². The molecule has 0 unspecified atom stereocenters. The van der Waals surface area contributed by atoms with Crippen molar-refractivity contribution in [1.82, 2.24) is 4.98 Å². The summed E-state index contributed by atoms with van der Waals surface area (Å²) >= 11 is 5.97. The van der Waals surface area contributed by atoms with Crippen molar-refractivity contribution in [2.24, 2.45) is 5.10 Å². The molecule has 2 aromatic carbocycles. The molecule has 6 nitrogen and oxygen atoms in total. The van der Waals surface area contributed by atoms with E-state index >= 15 is 0 Å². The number of hydrazone groups is 1. The van der Waals surface area contributed by atoms with Crippen molar-refractivity contribution in [3.63, 3.8) is 0 Å². The van der Waals surface area contributed by atoms with Crippen LogP contribution in [0.2, 0.25) is 5.02 Å². The van der Waals surface area contributed by atoms with E-state index in [1.807, 2.05) is 6.07 Å². The molecule has 0 spiro atoms. The maximum atomic E-state index is 9.66. The number of aromatic hydroxyl groups is 2. The number of benzene rings is 2. The van der Waals surface area contributed by atoms with Crippen LogP contribution in [0.3, 0.4) is 0 Å². The van der Waals surface area contributed by atoms with Gasteiger partial charge < -0.3 is 14.9 Å². The van der Waals surface area contributed by atoms with Gasteiger partial charge in [0, 0.05) is 22.2 Å². The summed E-state index contributed by atoms with van der Waals surface area (Å²) in [5.41, 5.74) is 5.02. The summed E-state index contributed by atoms with van der Waals surface area (Å²) in [4.78, 5) is 4.26. The van der Waals surface area contributed by atoms with Gasteiger partial charge in [0.05, 0.1) is 24.5 Å². The Morgan fingerprint density at radius 3 is 2.83 bits per heavy atom. The van der Waals surface area contributed by atoms with Gasteiger partial charge in [-0.1, -0.05) is 11.6 Å². The Balaban J connectivity index is 1.86. The van der Waals surface area contributed by atoms with E-state index in [-0.39, 0.29) is 17.2 Å². The number of nitrogens with one attached hydrogen (secondary N) is 1. The van der Waals surface area contributed by atoms with E-state index in [2.05, 4.69) is 15.5 Å². The van der Waals surface area contributed by atoms with Crippen LogP contribution in [-0.2, 0) is 0 Å². The lowest BCUT2D eigenvalue weighted by Gasteiger charge is -2.07. The van der Waals surface area contributed by atoms with Gasteiger partial charge in [0.25, 0.3) is 0 Å². The van der Waals surface area contributed by atoms with E-state index in [0.29, 0.717) is 10.6 Å². The maximum Gasteiger partial charge on any atom is 0.200 e.